The monoisotopic (exact) mass is 535 g/mol. The Morgan fingerprint density at radius 2 is 1.92 bits per heavy atom. The van der Waals surface area contributed by atoms with E-state index in [-0.39, 0.29) is 60.6 Å². The Bertz CT molecular complexity index is 1230. The van der Waals surface area contributed by atoms with Crippen LogP contribution in [0.15, 0.2) is 33.3 Å². The van der Waals surface area contributed by atoms with E-state index in [2.05, 4.69) is 29.5 Å². The zero-order valence-corrected chi connectivity index (χ0v) is 24.6. The third-order valence-corrected chi connectivity index (χ3v) is 6.73. The van der Waals surface area contributed by atoms with Crippen LogP contribution in [0.4, 0.5) is 5.69 Å². The number of aromatic nitrogens is 2. The Labute approximate surface area is 243 Å². The van der Waals surface area contributed by atoms with Crippen LogP contribution in [-0.4, -0.2) is 22.2 Å². The number of carboxylic acids is 1. The van der Waals surface area contributed by atoms with Crippen molar-refractivity contribution in [2.24, 2.45) is 5.92 Å². The van der Waals surface area contributed by atoms with Crippen molar-refractivity contribution < 1.29 is 53.3 Å². The van der Waals surface area contributed by atoms with Gasteiger partial charge in [-0.05, 0) is 68.6 Å². The number of aliphatic carboxylic acids is 1. The molecule has 2 heterocycles. The second-order valence-corrected chi connectivity index (χ2v) is 10.4. The molecule has 1 atom stereocenters. The van der Waals surface area contributed by atoms with Gasteiger partial charge in [0.25, 0.3) is 0 Å². The molecule has 0 saturated heterocycles. The van der Waals surface area contributed by atoms with Gasteiger partial charge in [-0.15, -0.1) is 0 Å². The SMILES string of the molecule is Cc1ccc(NC(=O)C[C@H](CCC(=O)[O-])c2noc(-c3cc(CCC(C)C)on3)c2C2CC2)c(Cl)c1.[Na+]. The van der Waals surface area contributed by atoms with Crippen LogP contribution in [-0.2, 0) is 16.0 Å². The van der Waals surface area contributed by atoms with Gasteiger partial charge in [0.15, 0.2) is 11.5 Å². The molecule has 192 valence electrons. The van der Waals surface area contributed by atoms with E-state index in [4.69, 9.17) is 20.6 Å². The van der Waals surface area contributed by atoms with Crippen LogP contribution in [0, 0.1) is 12.8 Å². The molecule has 1 saturated carbocycles. The normalized spacial score (nSPS) is 13.9. The van der Waals surface area contributed by atoms with Crippen LogP contribution in [0.5, 0.6) is 0 Å². The quantitative estimate of drug-likeness (QED) is 0.353. The molecule has 0 spiro atoms. The van der Waals surface area contributed by atoms with Crippen molar-refractivity contribution in [3.05, 3.63) is 51.9 Å². The minimum atomic E-state index is -1.18. The molecule has 1 fully saturated rings. The Morgan fingerprint density at radius 3 is 2.57 bits per heavy atom. The molecule has 1 aliphatic rings. The van der Waals surface area contributed by atoms with E-state index < -0.39 is 11.9 Å². The maximum atomic E-state index is 13.0. The fraction of sp³-hybridized carbons (Fsp3) is 0.481. The topological polar surface area (TPSA) is 121 Å². The van der Waals surface area contributed by atoms with Gasteiger partial charge >= 0.3 is 29.6 Å². The van der Waals surface area contributed by atoms with Crippen LogP contribution >= 0.6 is 11.6 Å². The summed E-state index contributed by atoms with van der Waals surface area (Å²) in [5, 5.41) is 23.1. The van der Waals surface area contributed by atoms with Crippen LogP contribution < -0.4 is 40.0 Å². The smallest absolute Gasteiger partial charge is 0.550 e. The molecule has 1 aliphatic carbocycles. The van der Waals surface area contributed by atoms with Gasteiger partial charge in [0.05, 0.1) is 16.4 Å². The van der Waals surface area contributed by atoms with Crippen LogP contribution in [0.1, 0.15) is 86.8 Å². The van der Waals surface area contributed by atoms with Crippen molar-refractivity contribution in [2.45, 2.75) is 77.6 Å². The third kappa shape index (κ3) is 7.93. The number of benzene rings is 1. The van der Waals surface area contributed by atoms with Crippen molar-refractivity contribution in [1.82, 2.24) is 10.3 Å². The molecule has 8 nitrogen and oxygen atoms in total. The first-order valence-corrected chi connectivity index (χ1v) is 12.8. The average molecular weight is 536 g/mol. The van der Waals surface area contributed by atoms with Crippen molar-refractivity contribution in [1.29, 1.82) is 0 Å². The number of carbonyl (C=O) groups excluding carboxylic acids is 2. The average Bonchev–Trinajstić information content (AvgIpc) is 3.37. The number of halogens is 1. The molecule has 1 aromatic carbocycles. The second-order valence-electron chi connectivity index (χ2n) is 10.0. The Morgan fingerprint density at radius 1 is 1.16 bits per heavy atom. The molecular weight excluding hydrogens is 505 g/mol. The van der Waals surface area contributed by atoms with E-state index in [1.54, 1.807) is 12.1 Å². The van der Waals surface area contributed by atoms with Gasteiger partial charge in [-0.2, -0.15) is 0 Å². The first-order valence-electron chi connectivity index (χ1n) is 12.4. The van der Waals surface area contributed by atoms with Gasteiger partial charge in [-0.3, -0.25) is 4.79 Å². The molecule has 10 heteroatoms. The molecule has 0 aliphatic heterocycles. The summed E-state index contributed by atoms with van der Waals surface area (Å²) in [7, 11) is 0. The van der Waals surface area contributed by atoms with Crippen LogP contribution in [0.3, 0.4) is 0 Å². The fourth-order valence-electron chi connectivity index (χ4n) is 4.30. The number of nitrogens with zero attached hydrogens (tertiary/aromatic N) is 2. The van der Waals surface area contributed by atoms with E-state index in [9.17, 15) is 14.7 Å². The van der Waals surface area contributed by atoms with Gasteiger partial charge in [0, 0.05) is 36.4 Å². The fourth-order valence-corrected chi connectivity index (χ4v) is 4.58. The van der Waals surface area contributed by atoms with Crippen LogP contribution in [0.2, 0.25) is 5.02 Å². The minimum absolute atomic E-state index is 0. The number of carboxylic acid groups (broad SMARTS) is 1. The number of hydrogen-bond acceptors (Lipinski definition) is 7. The van der Waals surface area contributed by atoms with E-state index in [1.165, 1.54) is 0 Å². The number of rotatable bonds is 12. The number of hydrogen-bond donors (Lipinski definition) is 1. The summed E-state index contributed by atoms with van der Waals surface area (Å²) in [6, 6.07) is 7.25. The standard InChI is InChI=1S/C27H32ClN3O5.Na/c1-15(2)4-9-19-14-22(30-35-19)27-25(17-6-7-17)26(31-36-27)18(8-11-24(33)34)13-23(32)29-21-10-5-16(3)12-20(21)28;/h5,10,12,14-15,17-18H,4,6-9,11,13H2,1-3H3,(H,29,32)(H,33,34);/q;+1/p-1/t18-;/m0./s1. The van der Waals surface area contributed by atoms with Crippen molar-refractivity contribution in [3.63, 3.8) is 0 Å². The van der Waals surface area contributed by atoms with Gasteiger partial charge in [0.1, 0.15) is 5.76 Å². The van der Waals surface area contributed by atoms with E-state index in [0.29, 0.717) is 33.8 Å². The summed E-state index contributed by atoms with van der Waals surface area (Å²) in [6.07, 6.45) is 3.73. The maximum absolute atomic E-state index is 13.0. The van der Waals surface area contributed by atoms with Gasteiger partial charge < -0.3 is 24.3 Å². The third-order valence-electron chi connectivity index (χ3n) is 6.42. The minimum Gasteiger partial charge on any atom is -0.550 e. The number of aryl methyl sites for hydroxylation is 2. The maximum Gasteiger partial charge on any atom is 1.00 e. The molecule has 0 unspecified atom stereocenters. The summed E-state index contributed by atoms with van der Waals surface area (Å²) in [5.41, 5.74) is 3.55. The summed E-state index contributed by atoms with van der Waals surface area (Å²) >= 11 is 6.27. The molecule has 2 aromatic heterocycles. The molecule has 0 radical (unpaired) electrons. The zero-order valence-electron chi connectivity index (χ0n) is 21.8. The van der Waals surface area contributed by atoms with Crippen molar-refractivity contribution in [2.75, 3.05) is 5.32 Å². The first-order chi connectivity index (χ1) is 17.2. The molecule has 37 heavy (non-hydrogen) atoms. The molecule has 3 aromatic rings. The Hall–Kier alpha value is -2.13. The predicted molar refractivity (Wildman–Crippen MR) is 134 cm³/mol. The molecule has 1 N–H and O–H groups in total. The van der Waals surface area contributed by atoms with E-state index in [0.717, 1.165) is 42.6 Å². The number of carbonyl (C=O) groups is 2. The number of anilines is 1. The Kier molecular flexibility index (Phi) is 10.4. The molecular formula is C27H31ClN3NaO5. The summed E-state index contributed by atoms with van der Waals surface area (Å²) in [5.74, 6) is 0.166. The van der Waals surface area contributed by atoms with Gasteiger partial charge in [0.2, 0.25) is 5.91 Å². The predicted octanol–water partition coefficient (Wildman–Crippen LogP) is 2.40. The molecule has 4 rings (SSSR count). The van der Waals surface area contributed by atoms with Gasteiger partial charge in [-0.1, -0.05) is 41.8 Å². The van der Waals surface area contributed by atoms with E-state index in [1.807, 2.05) is 19.1 Å². The number of amides is 1. The van der Waals surface area contributed by atoms with E-state index >= 15 is 0 Å². The summed E-state index contributed by atoms with van der Waals surface area (Å²) < 4.78 is 11.3. The Balaban J connectivity index is 0.00000380. The largest absolute Gasteiger partial charge is 1.00 e. The summed E-state index contributed by atoms with van der Waals surface area (Å²) in [6.45, 7) is 6.22. The number of nitrogens with one attached hydrogen (secondary N) is 1. The summed E-state index contributed by atoms with van der Waals surface area (Å²) in [4.78, 5) is 24.2. The van der Waals surface area contributed by atoms with Crippen LogP contribution in [0.25, 0.3) is 11.5 Å². The van der Waals surface area contributed by atoms with Gasteiger partial charge in [-0.25, -0.2) is 0 Å². The molecule has 1 amide bonds. The second kappa shape index (κ2) is 13.1. The zero-order chi connectivity index (χ0) is 25.8. The van der Waals surface area contributed by atoms with Crippen molar-refractivity contribution in [3.8, 4) is 11.5 Å². The van der Waals surface area contributed by atoms with Crippen molar-refractivity contribution >= 4 is 29.2 Å². The molecule has 0 bridgehead atoms. The first kappa shape index (κ1) is 29.4.